The van der Waals surface area contributed by atoms with Crippen LogP contribution in [0.3, 0.4) is 0 Å². The molecule has 178 valence electrons. The van der Waals surface area contributed by atoms with Gasteiger partial charge in [-0.15, -0.1) is 0 Å². The van der Waals surface area contributed by atoms with Crippen LogP contribution in [-0.2, 0) is 22.4 Å². The van der Waals surface area contributed by atoms with Crippen molar-refractivity contribution in [2.45, 2.75) is 37.9 Å². The number of carbonyl (C=O) groups excluding carboxylic acids is 1. The van der Waals surface area contributed by atoms with Crippen molar-refractivity contribution in [1.29, 1.82) is 0 Å². The number of pyridine rings is 1. The first-order valence-corrected chi connectivity index (χ1v) is 11.4. The summed E-state index contributed by atoms with van der Waals surface area (Å²) in [6.07, 6.45) is 0.374. The van der Waals surface area contributed by atoms with Crippen LogP contribution in [0.2, 0.25) is 0 Å². The lowest BCUT2D eigenvalue weighted by molar-refractivity contribution is 0.0621. The lowest BCUT2D eigenvalue weighted by atomic mass is 9.80. The highest BCUT2D eigenvalue weighted by molar-refractivity contribution is 5.68. The minimum Gasteiger partial charge on any atom is -0.445 e. The van der Waals surface area contributed by atoms with E-state index in [-0.39, 0.29) is 30.5 Å². The maximum absolute atomic E-state index is 13.5. The summed E-state index contributed by atoms with van der Waals surface area (Å²) in [7, 11) is 0. The number of halogens is 1. The van der Waals surface area contributed by atoms with Crippen LogP contribution in [0.4, 0.5) is 9.18 Å². The predicted octanol–water partition coefficient (Wildman–Crippen LogP) is 4.35. The fourth-order valence-corrected chi connectivity index (χ4v) is 4.19. The predicted molar refractivity (Wildman–Crippen MR) is 128 cm³/mol. The number of amides is 1. The summed E-state index contributed by atoms with van der Waals surface area (Å²) >= 11 is 0. The van der Waals surface area contributed by atoms with Crippen molar-refractivity contribution in [3.05, 3.63) is 89.4 Å². The van der Waals surface area contributed by atoms with Gasteiger partial charge in [0.25, 0.3) is 0 Å². The van der Waals surface area contributed by atoms with Crippen molar-refractivity contribution in [2.75, 3.05) is 19.6 Å². The minimum absolute atomic E-state index is 0.000955. The van der Waals surface area contributed by atoms with Crippen LogP contribution in [0.1, 0.15) is 37.1 Å². The van der Waals surface area contributed by atoms with Gasteiger partial charge < -0.3 is 20.5 Å². The van der Waals surface area contributed by atoms with Crippen molar-refractivity contribution in [1.82, 2.24) is 9.88 Å². The number of benzene rings is 2. The molecule has 4 rings (SSSR count). The van der Waals surface area contributed by atoms with Gasteiger partial charge in [-0.1, -0.05) is 37.3 Å². The van der Waals surface area contributed by atoms with Gasteiger partial charge in [0.05, 0.1) is 11.4 Å². The van der Waals surface area contributed by atoms with Crippen molar-refractivity contribution >= 4 is 6.09 Å². The summed E-state index contributed by atoms with van der Waals surface area (Å²) in [5.74, 6) is -0.332. The third-order valence-corrected chi connectivity index (χ3v) is 6.55. The molecule has 1 aromatic heterocycles. The molecule has 7 heteroatoms. The van der Waals surface area contributed by atoms with Crippen molar-refractivity contribution < 1.29 is 19.0 Å². The molecule has 1 amide bonds. The molecule has 0 bridgehead atoms. The van der Waals surface area contributed by atoms with Gasteiger partial charge >= 0.3 is 6.09 Å². The molecule has 34 heavy (non-hydrogen) atoms. The number of likely N-dealkylation sites (tertiary alicyclic amines) is 1. The van der Waals surface area contributed by atoms with Crippen LogP contribution < -0.4 is 5.73 Å². The highest BCUT2D eigenvalue weighted by Gasteiger charge is 2.39. The number of hydrogen-bond donors (Lipinski definition) is 2. The molecule has 2 unspecified atom stereocenters. The van der Waals surface area contributed by atoms with Gasteiger partial charge in [0.2, 0.25) is 0 Å². The topological polar surface area (TPSA) is 88.7 Å². The third kappa shape index (κ3) is 5.11. The van der Waals surface area contributed by atoms with E-state index in [1.807, 2.05) is 42.5 Å². The van der Waals surface area contributed by atoms with Crippen LogP contribution in [0, 0.1) is 5.82 Å². The zero-order chi connectivity index (χ0) is 24.3. The molecule has 1 fully saturated rings. The summed E-state index contributed by atoms with van der Waals surface area (Å²) in [6, 6.07) is 19.5. The van der Waals surface area contributed by atoms with Crippen LogP contribution in [0.5, 0.6) is 0 Å². The smallest absolute Gasteiger partial charge is 0.410 e. The fraction of sp³-hybridized carbons (Fsp3) is 0.333. The van der Waals surface area contributed by atoms with Gasteiger partial charge in [-0.3, -0.25) is 0 Å². The number of carbonyl (C=O) groups is 1. The zero-order valence-corrected chi connectivity index (χ0v) is 19.5. The molecule has 3 N–H and O–H groups in total. The first-order valence-electron chi connectivity index (χ1n) is 11.4. The largest absolute Gasteiger partial charge is 0.445 e. The average molecular weight is 464 g/mol. The van der Waals surface area contributed by atoms with E-state index in [9.17, 15) is 14.3 Å². The van der Waals surface area contributed by atoms with E-state index in [4.69, 9.17) is 10.5 Å². The summed E-state index contributed by atoms with van der Waals surface area (Å²) < 4.78 is 19.0. The maximum atomic E-state index is 13.5. The Hall–Kier alpha value is -3.29. The van der Waals surface area contributed by atoms with Gasteiger partial charge in [-0.05, 0) is 60.9 Å². The van der Waals surface area contributed by atoms with Crippen LogP contribution >= 0.6 is 0 Å². The van der Waals surface area contributed by atoms with E-state index in [2.05, 4.69) is 11.9 Å². The quantitative estimate of drug-likeness (QED) is 0.567. The lowest BCUT2D eigenvalue weighted by Crippen LogP contribution is -2.35. The number of rotatable bonds is 6. The van der Waals surface area contributed by atoms with Gasteiger partial charge in [0.1, 0.15) is 18.0 Å². The van der Waals surface area contributed by atoms with Crippen molar-refractivity contribution in [3.63, 3.8) is 0 Å². The van der Waals surface area contributed by atoms with E-state index in [1.54, 1.807) is 24.0 Å². The Morgan fingerprint density at radius 2 is 1.91 bits per heavy atom. The molecule has 1 aliphatic heterocycles. The standard InChI is InChI=1S/C27H30FN3O3/c1-26(12-13-31(18-26)25(32)34-16-19-6-4-3-5-7-19)21-14-23(20-8-10-22(28)11-9-20)30-24(15-21)27(2,33)17-29/h3-11,14-15,33H,12-13,16-18,29H2,1-2H3. The molecule has 3 aromatic rings. The molecule has 0 spiro atoms. The molecule has 6 nitrogen and oxygen atoms in total. The van der Waals surface area contributed by atoms with Crippen LogP contribution in [-0.4, -0.2) is 40.7 Å². The molecule has 1 aliphatic rings. The second kappa shape index (κ2) is 9.52. The molecular formula is C27H30FN3O3. The monoisotopic (exact) mass is 463 g/mol. The first kappa shape index (κ1) is 23.9. The van der Waals surface area contributed by atoms with E-state index in [0.29, 0.717) is 24.5 Å². The lowest BCUT2D eigenvalue weighted by Gasteiger charge is -2.28. The van der Waals surface area contributed by atoms with Crippen LogP contribution in [0.15, 0.2) is 66.7 Å². The Balaban J connectivity index is 1.59. The van der Waals surface area contributed by atoms with Crippen molar-refractivity contribution in [3.8, 4) is 11.3 Å². The molecule has 0 saturated carbocycles. The first-order chi connectivity index (χ1) is 16.2. The van der Waals surface area contributed by atoms with Gasteiger partial charge in [-0.2, -0.15) is 0 Å². The van der Waals surface area contributed by atoms with Crippen LogP contribution in [0.25, 0.3) is 11.3 Å². The highest BCUT2D eigenvalue weighted by Crippen LogP contribution is 2.37. The van der Waals surface area contributed by atoms with Gasteiger partial charge in [0.15, 0.2) is 0 Å². The Labute approximate surface area is 199 Å². The van der Waals surface area contributed by atoms with E-state index in [0.717, 1.165) is 23.1 Å². The van der Waals surface area contributed by atoms with Gasteiger partial charge in [-0.25, -0.2) is 14.2 Å². The summed E-state index contributed by atoms with van der Waals surface area (Å²) in [5, 5.41) is 10.8. The summed E-state index contributed by atoms with van der Waals surface area (Å²) in [4.78, 5) is 19.1. The summed E-state index contributed by atoms with van der Waals surface area (Å²) in [6.45, 7) is 4.96. The molecule has 2 aromatic carbocycles. The highest BCUT2D eigenvalue weighted by atomic mass is 19.1. The van der Waals surface area contributed by atoms with E-state index >= 15 is 0 Å². The molecule has 0 aliphatic carbocycles. The maximum Gasteiger partial charge on any atom is 0.410 e. The SMILES string of the molecule is CC(O)(CN)c1cc(C2(C)CCN(C(=O)OCc3ccccc3)C2)cc(-c2ccc(F)cc2)n1. The van der Waals surface area contributed by atoms with Gasteiger partial charge in [0, 0.05) is 30.6 Å². The molecular weight excluding hydrogens is 433 g/mol. The molecule has 0 radical (unpaired) electrons. The number of aliphatic hydroxyl groups is 1. The van der Waals surface area contributed by atoms with Crippen molar-refractivity contribution in [2.24, 2.45) is 5.73 Å². The molecule has 1 saturated heterocycles. The molecule has 2 heterocycles. The molecule has 2 atom stereocenters. The van der Waals surface area contributed by atoms with E-state index in [1.165, 1.54) is 12.1 Å². The Kier molecular flexibility index (Phi) is 6.68. The number of nitrogens with zero attached hydrogens (tertiary/aromatic N) is 2. The zero-order valence-electron chi connectivity index (χ0n) is 19.5. The fourth-order valence-electron chi connectivity index (χ4n) is 4.19. The second-order valence-electron chi connectivity index (χ2n) is 9.38. The number of hydrogen-bond acceptors (Lipinski definition) is 5. The number of aromatic nitrogens is 1. The average Bonchev–Trinajstić information content (AvgIpc) is 3.27. The Morgan fingerprint density at radius 3 is 2.59 bits per heavy atom. The Bertz CT molecular complexity index is 1150. The number of nitrogens with two attached hydrogens (primary N) is 1. The minimum atomic E-state index is -1.33. The summed E-state index contributed by atoms with van der Waals surface area (Å²) in [5.41, 5.74) is 7.78. The number of ether oxygens (including phenoxy) is 1. The normalized spacial score (nSPS) is 19.6. The second-order valence-corrected chi connectivity index (χ2v) is 9.38. The van der Waals surface area contributed by atoms with E-state index < -0.39 is 5.60 Å². The Morgan fingerprint density at radius 1 is 1.21 bits per heavy atom. The third-order valence-electron chi connectivity index (χ3n) is 6.55.